The van der Waals surface area contributed by atoms with Crippen LogP contribution in [0.2, 0.25) is 0 Å². The van der Waals surface area contributed by atoms with Gasteiger partial charge in [0.1, 0.15) is 30.5 Å². The number of hydrogen-bond donors (Lipinski definition) is 4. The molecule has 0 bridgehead atoms. The van der Waals surface area contributed by atoms with E-state index in [0.29, 0.717) is 13.0 Å². The Morgan fingerprint density at radius 2 is 1.09 bits per heavy atom. The Balaban J connectivity index is 2.18. The molecule has 1 fully saturated rings. The van der Waals surface area contributed by atoms with E-state index in [1.165, 1.54) is 128 Å². The average Bonchev–Trinajstić information content (AvgIpc) is 3.16. The summed E-state index contributed by atoms with van der Waals surface area (Å²) in [6, 6.07) is 0. The molecule has 0 aromatic rings. The molecule has 9 nitrogen and oxygen atoms in total. The minimum atomic E-state index is -1.53. The quantitative estimate of drug-likeness (QED) is 0.0278. The third-order valence-electron chi connectivity index (χ3n) is 10.1. The minimum Gasteiger partial charge on any atom is -0.457 e. The highest BCUT2D eigenvalue weighted by atomic mass is 16.7. The lowest BCUT2D eigenvalue weighted by atomic mass is 9.99. The first-order valence-corrected chi connectivity index (χ1v) is 21.9. The molecular formula is C44H82O9. The molecule has 1 heterocycles. The van der Waals surface area contributed by atoms with E-state index >= 15 is 0 Å². The number of hydrogen-bond acceptors (Lipinski definition) is 9. The van der Waals surface area contributed by atoms with Crippen LogP contribution < -0.4 is 0 Å². The minimum absolute atomic E-state index is 0.112. The van der Waals surface area contributed by atoms with Crippen molar-refractivity contribution in [3.05, 3.63) is 24.3 Å². The van der Waals surface area contributed by atoms with E-state index in [2.05, 4.69) is 38.2 Å². The van der Waals surface area contributed by atoms with E-state index in [1.807, 2.05) is 0 Å². The van der Waals surface area contributed by atoms with Gasteiger partial charge in [-0.25, -0.2) is 0 Å². The van der Waals surface area contributed by atoms with Gasteiger partial charge in [-0.3, -0.25) is 4.79 Å². The van der Waals surface area contributed by atoms with E-state index < -0.39 is 43.4 Å². The highest BCUT2D eigenvalue weighted by Crippen LogP contribution is 2.22. The standard InChI is InChI=1S/C44H82O9/c1-3-5-7-9-11-13-14-15-16-17-18-19-20-21-22-23-24-25-26-28-30-32-34-50-36-38(52-40(46)33-31-29-27-12-10-8-6-4-2)37-51-44-43(49)42(48)41(47)39(35-45)53-44/h14-15,17-18,38-39,41-45,47-49H,3-13,16,19-37H2,1-2H3/b15-14-,18-17-. The summed E-state index contributed by atoms with van der Waals surface area (Å²) in [5.74, 6) is -0.319. The Morgan fingerprint density at radius 3 is 1.62 bits per heavy atom. The molecule has 0 radical (unpaired) electrons. The van der Waals surface area contributed by atoms with E-state index in [1.54, 1.807) is 0 Å². The van der Waals surface area contributed by atoms with Crippen LogP contribution in [-0.4, -0.2) is 89.6 Å². The summed E-state index contributed by atoms with van der Waals surface area (Å²) in [5, 5.41) is 40.0. The number of aliphatic hydroxyl groups excluding tert-OH is 4. The summed E-state index contributed by atoms with van der Waals surface area (Å²) in [7, 11) is 0. The van der Waals surface area contributed by atoms with Gasteiger partial charge in [-0.2, -0.15) is 0 Å². The Morgan fingerprint density at radius 1 is 0.604 bits per heavy atom. The van der Waals surface area contributed by atoms with Crippen LogP contribution in [0.15, 0.2) is 24.3 Å². The number of aliphatic hydroxyl groups is 4. The number of esters is 1. The molecule has 6 unspecified atom stereocenters. The first-order chi connectivity index (χ1) is 25.9. The van der Waals surface area contributed by atoms with E-state index in [-0.39, 0.29) is 19.2 Å². The van der Waals surface area contributed by atoms with Gasteiger partial charge in [-0.15, -0.1) is 0 Å². The van der Waals surface area contributed by atoms with Crippen molar-refractivity contribution in [1.29, 1.82) is 0 Å². The Labute approximate surface area is 324 Å². The highest BCUT2D eigenvalue weighted by Gasteiger charge is 2.44. The van der Waals surface area contributed by atoms with E-state index in [9.17, 15) is 25.2 Å². The predicted molar refractivity (Wildman–Crippen MR) is 215 cm³/mol. The van der Waals surface area contributed by atoms with Gasteiger partial charge in [0, 0.05) is 13.0 Å². The van der Waals surface area contributed by atoms with Crippen LogP contribution in [0.3, 0.4) is 0 Å². The van der Waals surface area contributed by atoms with Crippen LogP contribution in [0.5, 0.6) is 0 Å². The smallest absolute Gasteiger partial charge is 0.306 e. The van der Waals surface area contributed by atoms with Crippen LogP contribution >= 0.6 is 0 Å². The second-order valence-corrected chi connectivity index (χ2v) is 15.1. The number of allylic oxidation sites excluding steroid dienone is 4. The Bertz CT molecular complexity index is 864. The fourth-order valence-corrected chi connectivity index (χ4v) is 6.64. The normalized spacial score (nSPS) is 21.2. The van der Waals surface area contributed by atoms with Gasteiger partial charge in [-0.1, -0.05) is 160 Å². The molecule has 0 spiro atoms. The highest BCUT2D eigenvalue weighted by molar-refractivity contribution is 5.69. The van der Waals surface area contributed by atoms with Crippen molar-refractivity contribution in [3.63, 3.8) is 0 Å². The molecule has 1 saturated heterocycles. The number of ether oxygens (including phenoxy) is 4. The van der Waals surface area contributed by atoms with Crippen molar-refractivity contribution in [2.75, 3.05) is 26.4 Å². The number of carbonyl (C=O) groups is 1. The monoisotopic (exact) mass is 755 g/mol. The topological polar surface area (TPSA) is 135 Å². The Kier molecular flexibility index (Phi) is 34.0. The fraction of sp³-hybridized carbons (Fsp3) is 0.886. The molecule has 6 atom stereocenters. The molecule has 0 aromatic carbocycles. The van der Waals surface area contributed by atoms with Crippen molar-refractivity contribution in [1.82, 2.24) is 0 Å². The van der Waals surface area contributed by atoms with E-state index in [4.69, 9.17) is 18.9 Å². The molecule has 1 aliphatic heterocycles. The molecule has 9 heteroatoms. The summed E-state index contributed by atoms with van der Waals surface area (Å²) >= 11 is 0. The largest absolute Gasteiger partial charge is 0.457 e. The number of unbranched alkanes of at least 4 members (excludes halogenated alkanes) is 22. The van der Waals surface area contributed by atoms with Crippen molar-refractivity contribution in [3.8, 4) is 0 Å². The molecule has 0 amide bonds. The summed E-state index contributed by atoms with van der Waals surface area (Å²) in [5.41, 5.74) is 0. The van der Waals surface area contributed by atoms with Gasteiger partial charge in [0.05, 0.1) is 19.8 Å². The SMILES string of the molecule is CCCCCCC/C=C\C/C=C\CCCCCCCCCCCCOCC(COC1OC(CO)C(O)C(O)C1O)OC(=O)CCCCCCCCCC. The van der Waals surface area contributed by atoms with Gasteiger partial charge in [0.2, 0.25) is 0 Å². The summed E-state index contributed by atoms with van der Waals surface area (Å²) in [4.78, 5) is 12.6. The second-order valence-electron chi connectivity index (χ2n) is 15.1. The van der Waals surface area contributed by atoms with Crippen molar-refractivity contribution in [2.45, 2.75) is 224 Å². The van der Waals surface area contributed by atoms with E-state index in [0.717, 1.165) is 38.5 Å². The first-order valence-electron chi connectivity index (χ1n) is 21.9. The lowest BCUT2D eigenvalue weighted by molar-refractivity contribution is -0.305. The summed E-state index contributed by atoms with van der Waals surface area (Å²) < 4.78 is 22.7. The zero-order valence-corrected chi connectivity index (χ0v) is 34.0. The first kappa shape index (κ1) is 49.7. The molecule has 1 aliphatic rings. The molecule has 4 N–H and O–H groups in total. The molecule has 312 valence electrons. The second kappa shape index (κ2) is 36.3. The maximum absolute atomic E-state index is 12.6. The summed E-state index contributed by atoms with van der Waals surface area (Å²) in [6.07, 6.45) is 33.6. The molecule has 0 aromatic heterocycles. The Hall–Kier alpha value is -1.33. The number of rotatable bonds is 37. The number of carbonyl (C=O) groups excluding carboxylic acids is 1. The van der Waals surface area contributed by atoms with Crippen LogP contribution in [0, 0.1) is 0 Å². The van der Waals surface area contributed by atoms with Gasteiger partial charge in [0.25, 0.3) is 0 Å². The molecule has 0 aliphatic carbocycles. The molecule has 1 rings (SSSR count). The van der Waals surface area contributed by atoms with Crippen LogP contribution in [0.4, 0.5) is 0 Å². The average molecular weight is 755 g/mol. The van der Waals surface area contributed by atoms with Gasteiger partial charge < -0.3 is 39.4 Å². The zero-order valence-electron chi connectivity index (χ0n) is 34.0. The van der Waals surface area contributed by atoms with Crippen molar-refractivity contribution in [2.24, 2.45) is 0 Å². The van der Waals surface area contributed by atoms with Gasteiger partial charge in [0.15, 0.2) is 6.29 Å². The van der Waals surface area contributed by atoms with Crippen molar-refractivity contribution < 1.29 is 44.2 Å². The van der Waals surface area contributed by atoms with Crippen LogP contribution in [0.1, 0.15) is 187 Å². The fourth-order valence-electron chi connectivity index (χ4n) is 6.64. The molecule has 0 saturated carbocycles. The van der Waals surface area contributed by atoms with Crippen LogP contribution in [0.25, 0.3) is 0 Å². The predicted octanol–water partition coefficient (Wildman–Crippen LogP) is 9.42. The van der Waals surface area contributed by atoms with Crippen LogP contribution in [-0.2, 0) is 23.7 Å². The molecule has 53 heavy (non-hydrogen) atoms. The van der Waals surface area contributed by atoms with Gasteiger partial charge in [-0.05, 0) is 44.9 Å². The van der Waals surface area contributed by atoms with Gasteiger partial charge >= 0.3 is 5.97 Å². The molecular weight excluding hydrogens is 672 g/mol. The third kappa shape index (κ3) is 27.8. The third-order valence-corrected chi connectivity index (χ3v) is 10.1. The zero-order chi connectivity index (χ0) is 38.6. The lowest BCUT2D eigenvalue weighted by Gasteiger charge is -2.39. The summed E-state index contributed by atoms with van der Waals surface area (Å²) in [6.45, 7) is 4.52. The maximum atomic E-state index is 12.6. The van der Waals surface area contributed by atoms with Crippen molar-refractivity contribution >= 4 is 5.97 Å². The lowest BCUT2D eigenvalue weighted by Crippen LogP contribution is -2.59. The maximum Gasteiger partial charge on any atom is 0.306 e.